The fraction of sp³-hybridized carbons (Fsp3) is 0.647. The molecule has 21 heavy (non-hydrogen) atoms. The predicted octanol–water partition coefficient (Wildman–Crippen LogP) is 3.54. The summed E-state index contributed by atoms with van der Waals surface area (Å²) in [6, 6.07) is 3.43. The lowest BCUT2D eigenvalue weighted by Gasteiger charge is -2.56. The Bertz CT molecular complexity index is 518. The van der Waals surface area contributed by atoms with Gasteiger partial charge in [-0.3, -0.25) is 11.3 Å². The average molecular weight is 292 g/mol. The van der Waals surface area contributed by atoms with Gasteiger partial charge in [-0.15, -0.1) is 0 Å². The lowest BCUT2D eigenvalue weighted by atomic mass is 9.50. The quantitative estimate of drug-likeness (QED) is 0.660. The molecular formula is C17H22F2N2. The van der Waals surface area contributed by atoms with Crippen molar-refractivity contribution < 1.29 is 8.78 Å². The molecule has 0 amide bonds. The average Bonchev–Trinajstić information content (AvgIpc) is 2.45. The molecule has 0 saturated heterocycles. The molecule has 1 aromatic rings. The van der Waals surface area contributed by atoms with Crippen molar-refractivity contribution >= 4 is 0 Å². The van der Waals surface area contributed by atoms with Crippen LogP contribution in [0.5, 0.6) is 0 Å². The molecule has 4 bridgehead atoms. The van der Waals surface area contributed by atoms with Crippen molar-refractivity contribution in [1.29, 1.82) is 0 Å². The topological polar surface area (TPSA) is 38.0 Å². The summed E-state index contributed by atoms with van der Waals surface area (Å²) in [6.07, 6.45) is 6.36. The van der Waals surface area contributed by atoms with Gasteiger partial charge in [0.1, 0.15) is 11.6 Å². The fourth-order valence-corrected chi connectivity index (χ4v) is 5.67. The van der Waals surface area contributed by atoms with E-state index >= 15 is 0 Å². The van der Waals surface area contributed by atoms with Crippen molar-refractivity contribution in [3.05, 3.63) is 35.4 Å². The van der Waals surface area contributed by atoms with Gasteiger partial charge in [0.25, 0.3) is 0 Å². The first-order valence-corrected chi connectivity index (χ1v) is 8.06. The van der Waals surface area contributed by atoms with Crippen LogP contribution in [-0.4, -0.2) is 0 Å². The zero-order chi connectivity index (χ0) is 14.6. The standard InChI is InChI=1S/C17H22F2N2/c18-13-1-2-15(19)14(8-13)17(21-20)16-11-4-9-3-10(6-11)7-12(16)5-9/h1-2,8-12,16-17,21H,3-7,20H2. The molecule has 4 aliphatic rings. The summed E-state index contributed by atoms with van der Waals surface area (Å²) in [4.78, 5) is 0. The minimum absolute atomic E-state index is 0.268. The van der Waals surface area contributed by atoms with Crippen molar-refractivity contribution in [2.75, 3.05) is 0 Å². The highest BCUT2D eigenvalue weighted by molar-refractivity contribution is 5.24. The summed E-state index contributed by atoms with van der Waals surface area (Å²) in [7, 11) is 0. The van der Waals surface area contributed by atoms with Gasteiger partial charge in [0.15, 0.2) is 0 Å². The molecule has 5 rings (SSSR count). The Hall–Kier alpha value is -1.00. The predicted molar refractivity (Wildman–Crippen MR) is 77.0 cm³/mol. The van der Waals surface area contributed by atoms with Crippen molar-refractivity contribution in [2.45, 2.75) is 38.1 Å². The van der Waals surface area contributed by atoms with E-state index in [0.29, 0.717) is 23.3 Å². The van der Waals surface area contributed by atoms with E-state index in [2.05, 4.69) is 5.43 Å². The number of halogens is 2. The third kappa shape index (κ3) is 2.20. The lowest BCUT2D eigenvalue weighted by molar-refractivity contribution is -0.0530. The summed E-state index contributed by atoms with van der Waals surface area (Å²) in [5.41, 5.74) is 3.21. The van der Waals surface area contributed by atoms with Crippen LogP contribution in [0.25, 0.3) is 0 Å². The Morgan fingerprint density at radius 3 is 2.19 bits per heavy atom. The number of hydrogen-bond donors (Lipinski definition) is 2. The van der Waals surface area contributed by atoms with E-state index in [-0.39, 0.29) is 11.9 Å². The molecule has 1 unspecified atom stereocenters. The second-order valence-electron chi connectivity index (χ2n) is 7.32. The van der Waals surface area contributed by atoms with Crippen molar-refractivity contribution in [2.24, 2.45) is 35.4 Å². The molecular weight excluding hydrogens is 270 g/mol. The van der Waals surface area contributed by atoms with Crippen LogP contribution < -0.4 is 11.3 Å². The second-order valence-corrected chi connectivity index (χ2v) is 7.32. The summed E-state index contributed by atoms with van der Waals surface area (Å²) in [5.74, 6) is 8.32. The van der Waals surface area contributed by atoms with Crippen LogP contribution in [0.15, 0.2) is 18.2 Å². The molecule has 114 valence electrons. The fourth-order valence-electron chi connectivity index (χ4n) is 5.67. The first-order chi connectivity index (χ1) is 10.2. The van der Waals surface area contributed by atoms with Gasteiger partial charge in [0, 0.05) is 5.56 Å². The molecule has 4 aliphatic carbocycles. The summed E-state index contributed by atoms with van der Waals surface area (Å²) < 4.78 is 27.7. The third-order valence-corrected chi connectivity index (χ3v) is 6.16. The molecule has 0 heterocycles. The number of rotatable bonds is 3. The van der Waals surface area contributed by atoms with E-state index in [9.17, 15) is 8.78 Å². The Morgan fingerprint density at radius 2 is 1.62 bits per heavy atom. The highest BCUT2D eigenvalue weighted by Crippen LogP contribution is 2.59. The summed E-state index contributed by atoms with van der Waals surface area (Å²) >= 11 is 0. The molecule has 1 atom stereocenters. The molecule has 4 saturated carbocycles. The van der Waals surface area contributed by atoms with Gasteiger partial charge in [0.2, 0.25) is 0 Å². The molecule has 1 aromatic carbocycles. The molecule has 0 aromatic heterocycles. The van der Waals surface area contributed by atoms with Crippen LogP contribution in [0.2, 0.25) is 0 Å². The van der Waals surface area contributed by atoms with Gasteiger partial charge < -0.3 is 0 Å². The van der Waals surface area contributed by atoms with E-state index in [1.54, 1.807) is 0 Å². The maximum Gasteiger partial charge on any atom is 0.128 e. The Morgan fingerprint density at radius 1 is 1.00 bits per heavy atom. The van der Waals surface area contributed by atoms with Crippen LogP contribution in [0.3, 0.4) is 0 Å². The Labute approximate surface area is 124 Å². The van der Waals surface area contributed by atoms with E-state index in [1.807, 2.05) is 0 Å². The smallest absolute Gasteiger partial charge is 0.128 e. The first kappa shape index (κ1) is 13.6. The van der Waals surface area contributed by atoms with E-state index in [1.165, 1.54) is 50.3 Å². The maximum atomic E-state index is 14.2. The van der Waals surface area contributed by atoms with Crippen LogP contribution in [0.1, 0.15) is 43.7 Å². The van der Waals surface area contributed by atoms with E-state index in [0.717, 1.165) is 11.8 Å². The summed E-state index contributed by atoms with van der Waals surface area (Å²) in [5, 5.41) is 0. The van der Waals surface area contributed by atoms with E-state index in [4.69, 9.17) is 5.84 Å². The van der Waals surface area contributed by atoms with Gasteiger partial charge in [-0.05, 0) is 79.9 Å². The van der Waals surface area contributed by atoms with Crippen molar-refractivity contribution in [3.8, 4) is 0 Å². The van der Waals surface area contributed by atoms with Gasteiger partial charge in [-0.1, -0.05) is 0 Å². The van der Waals surface area contributed by atoms with Crippen molar-refractivity contribution in [1.82, 2.24) is 5.43 Å². The summed E-state index contributed by atoms with van der Waals surface area (Å²) in [6.45, 7) is 0. The molecule has 0 radical (unpaired) electrons. The monoisotopic (exact) mass is 292 g/mol. The van der Waals surface area contributed by atoms with Gasteiger partial charge in [0.05, 0.1) is 6.04 Å². The highest BCUT2D eigenvalue weighted by Gasteiger charge is 2.50. The highest BCUT2D eigenvalue weighted by atomic mass is 19.1. The van der Waals surface area contributed by atoms with Gasteiger partial charge >= 0.3 is 0 Å². The molecule has 0 aliphatic heterocycles. The van der Waals surface area contributed by atoms with Crippen LogP contribution in [0.4, 0.5) is 8.78 Å². The number of benzene rings is 1. The molecule has 4 fully saturated rings. The van der Waals surface area contributed by atoms with Crippen LogP contribution >= 0.6 is 0 Å². The Balaban J connectivity index is 1.68. The molecule has 0 spiro atoms. The van der Waals surface area contributed by atoms with E-state index < -0.39 is 5.82 Å². The van der Waals surface area contributed by atoms with Crippen molar-refractivity contribution in [3.63, 3.8) is 0 Å². The molecule has 2 nitrogen and oxygen atoms in total. The number of hydrazine groups is 1. The first-order valence-electron chi connectivity index (χ1n) is 8.06. The normalized spacial score (nSPS) is 38.7. The van der Waals surface area contributed by atoms with Gasteiger partial charge in [-0.2, -0.15) is 0 Å². The van der Waals surface area contributed by atoms with Gasteiger partial charge in [-0.25, -0.2) is 8.78 Å². The minimum Gasteiger partial charge on any atom is -0.271 e. The number of hydrogen-bond acceptors (Lipinski definition) is 2. The maximum absolute atomic E-state index is 14.2. The van der Waals surface area contributed by atoms with Crippen LogP contribution in [0, 0.1) is 41.2 Å². The number of nitrogens with one attached hydrogen (secondary N) is 1. The zero-order valence-electron chi connectivity index (χ0n) is 12.1. The third-order valence-electron chi connectivity index (χ3n) is 6.16. The Kier molecular flexibility index (Phi) is 3.27. The molecule has 4 heteroatoms. The number of nitrogens with two attached hydrogens (primary N) is 1. The lowest BCUT2D eigenvalue weighted by Crippen LogP contribution is -2.50. The SMILES string of the molecule is NNC(c1cc(F)ccc1F)C1C2CC3CC(C2)CC1C3. The van der Waals surface area contributed by atoms with Crippen LogP contribution in [-0.2, 0) is 0 Å². The minimum atomic E-state index is -0.393. The largest absolute Gasteiger partial charge is 0.271 e. The molecule has 3 N–H and O–H groups in total. The zero-order valence-corrected chi connectivity index (χ0v) is 12.1. The second kappa shape index (κ2) is 5.03.